The largest absolute Gasteiger partial charge is 0.328 e. The summed E-state index contributed by atoms with van der Waals surface area (Å²) in [4.78, 5) is 17.9. The topological polar surface area (TPSA) is 55.6 Å². The van der Waals surface area contributed by atoms with Gasteiger partial charge in [-0.2, -0.15) is 0 Å². The molecule has 19 heavy (non-hydrogen) atoms. The van der Waals surface area contributed by atoms with Gasteiger partial charge in [0, 0.05) is 23.4 Å². The van der Waals surface area contributed by atoms with E-state index in [4.69, 9.17) is 22.2 Å². The number of nitrogens with two attached hydrogens (primary N) is 1. The van der Waals surface area contributed by atoms with Crippen LogP contribution >= 0.6 is 11.6 Å². The first kappa shape index (κ1) is 12.9. The summed E-state index contributed by atoms with van der Waals surface area (Å²) in [6.07, 6.45) is 2.37. The molecule has 1 heterocycles. The Morgan fingerprint density at radius 1 is 1.32 bits per heavy atom. The summed E-state index contributed by atoms with van der Waals surface area (Å²) in [5.41, 5.74) is 6.81. The first-order valence-electron chi connectivity index (χ1n) is 6.62. The minimum absolute atomic E-state index is 0.00147. The van der Waals surface area contributed by atoms with Crippen LogP contribution in [0.25, 0.3) is 0 Å². The number of hydrogen-bond acceptors (Lipinski definition) is 3. The Bertz CT molecular complexity index is 471. The Balaban J connectivity index is 1.74. The van der Waals surface area contributed by atoms with E-state index in [0.29, 0.717) is 11.6 Å². The van der Waals surface area contributed by atoms with E-state index in [1.54, 1.807) is 5.06 Å². The Labute approximate surface area is 117 Å². The van der Waals surface area contributed by atoms with Gasteiger partial charge in [0.25, 0.3) is 0 Å². The molecule has 1 saturated heterocycles. The molecule has 0 unspecified atom stereocenters. The number of rotatable bonds is 2. The van der Waals surface area contributed by atoms with Crippen LogP contribution in [0.4, 0.5) is 0 Å². The van der Waals surface area contributed by atoms with Crippen LogP contribution in [-0.4, -0.2) is 23.6 Å². The van der Waals surface area contributed by atoms with Crippen LogP contribution in [0.5, 0.6) is 0 Å². The van der Waals surface area contributed by atoms with Crippen molar-refractivity contribution in [1.29, 1.82) is 0 Å². The smallest absolute Gasteiger partial charge is 0.249 e. The number of amides is 1. The lowest BCUT2D eigenvalue weighted by molar-refractivity contribution is -0.185. The average Bonchev–Trinajstić information content (AvgIpc) is 2.84. The van der Waals surface area contributed by atoms with Gasteiger partial charge >= 0.3 is 0 Å². The van der Waals surface area contributed by atoms with Crippen LogP contribution in [0.2, 0.25) is 5.02 Å². The zero-order chi connectivity index (χ0) is 13.4. The molecule has 2 N–H and O–H groups in total. The van der Waals surface area contributed by atoms with Gasteiger partial charge in [-0.15, -0.1) is 0 Å². The number of nitrogens with zero attached hydrogens (tertiary/aromatic N) is 1. The second-order valence-corrected chi connectivity index (χ2v) is 5.72. The Hall–Kier alpha value is -1.10. The maximum atomic E-state index is 12.3. The number of carbonyl (C=O) groups is 1. The highest BCUT2D eigenvalue weighted by Gasteiger charge is 2.40. The zero-order valence-corrected chi connectivity index (χ0v) is 11.3. The quantitative estimate of drug-likeness (QED) is 0.904. The molecule has 1 amide bonds. The van der Waals surface area contributed by atoms with Gasteiger partial charge < -0.3 is 5.73 Å². The lowest BCUT2D eigenvalue weighted by Crippen LogP contribution is -2.46. The van der Waals surface area contributed by atoms with E-state index in [9.17, 15) is 4.79 Å². The highest BCUT2D eigenvalue weighted by molar-refractivity contribution is 6.30. The van der Waals surface area contributed by atoms with Gasteiger partial charge in [-0.25, -0.2) is 5.06 Å². The van der Waals surface area contributed by atoms with Gasteiger partial charge in [-0.05, 0) is 30.5 Å². The minimum Gasteiger partial charge on any atom is -0.328 e. The SMILES string of the molecule is NC1CC(C(=O)N2OCC[C@H]2c2ccc(Cl)cc2)C1. The number of hydrogen-bond donors (Lipinski definition) is 1. The molecule has 0 radical (unpaired) electrons. The second-order valence-electron chi connectivity index (χ2n) is 5.28. The van der Waals surface area contributed by atoms with E-state index in [1.165, 1.54) is 0 Å². The molecule has 0 spiro atoms. The van der Waals surface area contributed by atoms with Crippen molar-refractivity contribution in [2.75, 3.05) is 6.61 Å². The molecule has 2 fully saturated rings. The zero-order valence-electron chi connectivity index (χ0n) is 10.6. The maximum Gasteiger partial charge on any atom is 0.249 e. The van der Waals surface area contributed by atoms with Crippen LogP contribution in [0.3, 0.4) is 0 Å². The van der Waals surface area contributed by atoms with Crippen molar-refractivity contribution in [3.05, 3.63) is 34.9 Å². The Morgan fingerprint density at radius 3 is 2.63 bits per heavy atom. The number of halogens is 1. The predicted octanol–water partition coefficient (Wildman–Crippen LogP) is 2.28. The van der Waals surface area contributed by atoms with Gasteiger partial charge in [0.15, 0.2) is 0 Å². The number of benzene rings is 1. The molecule has 1 aromatic rings. The summed E-state index contributed by atoms with van der Waals surface area (Å²) in [5, 5.41) is 2.24. The maximum absolute atomic E-state index is 12.3. The molecule has 1 aliphatic carbocycles. The van der Waals surface area contributed by atoms with Crippen molar-refractivity contribution in [2.45, 2.75) is 31.3 Å². The number of hydroxylamine groups is 2. The molecule has 3 rings (SSSR count). The number of carbonyl (C=O) groups excluding carboxylic acids is 1. The summed E-state index contributed by atoms with van der Waals surface area (Å²) >= 11 is 5.89. The van der Waals surface area contributed by atoms with Crippen LogP contribution in [0.1, 0.15) is 30.9 Å². The summed E-state index contributed by atoms with van der Waals surface area (Å²) in [6.45, 7) is 0.581. The molecule has 0 aromatic heterocycles. The van der Waals surface area contributed by atoms with Crippen LogP contribution in [-0.2, 0) is 9.63 Å². The summed E-state index contributed by atoms with van der Waals surface area (Å²) in [6, 6.07) is 7.77. The molecule has 1 atom stereocenters. The molecule has 5 heteroatoms. The van der Waals surface area contributed by atoms with E-state index in [-0.39, 0.29) is 23.9 Å². The first-order valence-corrected chi connectivity index (χ1v) is 7.00. The van der Waals surface area contributed by atoms with Gasteiger partial charge in [0.2, 0.25) is 5.91 Å². The van der Waals surface area contributed by atoms with Gasteiger partial charge in [-0.3, -0.25) is 9.63 Å². The van der Waals surface area contributed by atoms with Crippen LogP contribution in [0, 0.1) is 5.92 Å². The van der Waals surface area contributed by atoms with Crippen molar-refractivity contribution in [1.82, 2.24) is 5.06 Å². The van der Waals surface area contributed by atoms with Crippen LogP contribution in [0.15, 0.2) is 24.3 Å². The minimum atomic E-state index is 0.00147. The van der Waals surface area contributed by atoms with E-state index in [0.717, 1.165) is 24.8 Å². The molecule has 102 valence electrons. The molecular formula is C14H17ClN2O2. The fraction of sp³-hybridized carbons (Fsp3) is 0.500. The third-order valence-corrected chi connectivity index (χ3v) is 4.15. The summed E-state index contributed by atoms with van der Waals surface area (Å²) in [5.74, 6) is 0.0991. The van der Waals surface area contributed by atoms with Gasteiger partial charge in [-0.1, -0.05) is 23.7 Å². The van der Waals surface area contributed by atoms with Gasteiger partial charge in [0.05, 0.1) is 12.6 Å². The lowest BCUT2D eigenvalue weighted by atomic mass is 9.80. The predicted molar refractivity (Wildman–Crippen MR) is 72.3 cm³/mol. The third-order valence-electron chi connectivity index (χ3n) is 3.90. The summed E-state index contributed by atoms with van der Waals surface area (Å²) in [7, 11) is 0. The van der Waals surface area contributed by atoms with E-state index < -0.39 is 0 Å². The lowest BCUT2D eigenvalue weighted by Gasteiger charge is -2.35. The fourth-order valence-corrected chi connectivity index (χ4v) is 2.84. The standard InChI is InChI=1S/C14H17ClN2O2/c15-11-3-1-9(2-4-11)13-5-6-19-17(13)14(18)10-7-12(16)8-10/h1-4,10,12-13H,5-8,16H2/t10?,12?,13-/m0/s1. The second kappa shape index (κ2) is 5.12. The van der Waals surface area contributed by atoms with Crippen molar-refractivity contribution in [2.24, 2.45) is 11.7 Å². The molecule has 1 saturated carbocycles. The molecule has 0 bridgehead atoms. The first-order chi connectivity index (χ1) is 9.15. The monoisotopic (exact) mass is 280 g/mol. The molecular weight excluding hydrogens is 264 g/mol. The molecule has 2 aliphatic rings. The molecule has 4 nitrogen and oxygen atoms in total. The van der Waals surface area contributed by atoms with E-state index in [2.05, 4.69) is 0 Å². The highest BCUT2D eigenvalue weighted by Crippen LogP contribution is 2.36. The van der Waals surface area contributed by atoms with E-state index >= 15 is 0 Å². The van der Waals surface area contributed by atoms with E-state index in [1.807, 2.05) is 24.3 Å². The highest BCUT2D eigenvalue weighted by atomic mass is 35.5. The van der Waals surface area contributed by atoms with Crippen molar-refractivity contribution in [3.63, 3.8) is 0 Å². The Morgan fingerprint density at radius 2 is 2.00 bits per heavy atom. The fourth-order valence-electron chi connectivity index (χ4n) is 2.72. The van der Waals surface area contributed by atoms with Crippen molar-refractivity contribution < 1.29 is 9.63 Å². The van der Waals surface area contributed by atoms with Gasteiger partial charge in [0.1, 0.15) is 0 Å². The molecule has 1 aliphatic heterocycles. The van der Waals surface area contributed by atoms with Crippen molar-refractivity contribution in [3.8, 4) is 0 Å². The Kier molecular flexibility index (Phi) is 3.48. The van der Waals surface area contributed by atoms with Crippen LogP contribution < -0.4 is 5.73 Å². The third kappa shape index (κ3) is 2.48. The average molecular weight is 281 g/mol. The molecule has 1 aromatic carbocycles. The summed E-state index contributed by atoms with van der Waals surface area (Å²) < 4.78 is 0. The normalized spacial score (nSPS) is 30.2. The van der Waals surface area contributed by atoms with Crippen molar-refractivity contribution >= 4 is 17.5 Å².